The molecular formula is C23H23N5O4. The van der Waals surface area contributed by atoms with Crippen LogP contribution in [0.1, 0.15) is 40.5 Å². The van der Waals surface area contributed by atoms with Gasteiger partial charge in [0.2, 0.25) is 0 Å². The first-order valence-corrected chi connectivity index (χ1v) is 10.00. The summed E-state index contributed by atoms with van der Waals surface area (Å²) < 4.78 is 10.9. The summed E-state index contributed by atoms with van der Waals surface area (Å²) in [6.07, 6.45) is 1.68. The van der Waals surface area contributed by atoms with E-state index in [0.29, 0.717) is 39.4 Å². The van der Waals surface area contributed by atoms with Gasteiger partial charge in [0.05, 0.1) is 41.3 Å². The second-order valence-electron chi connectivity index (χ2n) is 7.49. The first kappa shape index (κ1) is 21.1. The number of hydrogen-bond donors (Lipinski definition) is 3. The monoisotopic (exact) mass is 433 g/mol. The van der Waals surface area contributed by atoms with Gasteiger partial charge in [-0.05, 0) is 45.0 Å². The minimum Gasteiger partial charge on any atom is -0.496 e. The van der Waals surface area contributed by atoms with Crippen molar-refractivity contribution in [2.75, 3.05) is 12.4 Å². The Kier molecular flexibility index (Phi) is 5.40. The number of nitrogens with two attached hydrogens (primary N) is 1. The van der Waals surface area contributed by atoms with E-state index in [1.165, 1.54) is 0 Å². The predicted molar refractivity (Wildman–Crippen MR) is 121 cm³/mol. The van der Waals surface area contributed by atoms with Gasteiger partial charge in [-0.1, -0.05) is 11.2 Å². The molecule has 3 heterocycles. The van der Waals surface area contributed by atoms with Crippen LogP contribution in [0.15, 0.2) is 45.8 Å². The van der Waals surface area contributed by atoms with E-state index < -0.39 is 11.5 Å². The van der Waals surface area contributed by atoms with Gasteiger partial charge in [0.1, 0.15) is 17.1 Å². The van der Waals surface area contributed by atoms with Crippen LogP contribution in [-0.4, -0.2) is 28.1 Å². The Labute approximate surface area is 183 Å². The molecule has 32 heavy (non-hydrogen) atoms. The van der Waals surface area contributed by atoms with Crippen molar-refractivity contribution < 1.29 is 14.1 Å². The fraction of sp³-hybridized carbons (Fsp3) is 0.217. The number of benzene rings is 1. The van der Waals surface area contributed by atoms with Crippen LogP contribution in [0.4, 0.5) is 5.69 Å². The largest absolute Gasteiger partial charge is 0.496 e. The van der Waals surface area contributed by atoms with Crippen molar-refractivity contribution in [2.24, 2.45) is 5.73 Å². The van der Waals surface area contributed by atoms with E-state index in [1.807, 2.05) is 32.0 Å². The molecule has 4 rings (SSSR count). The van der Waals surface area contributed by atoms with Crippen molar-refractivity contribution in [3.63, 3.8) is 0 Å². The molecule has 1 atom stereocenters. The number of anilines is 1. The highest BCUT2D eigenvalue weighted by Gasteiger charge is 2.23. The predicted octanol–water partition coefficient (Wildman–Crippen LogP) is 3.48. The van der Waals surface area contributed by atoms with Gasteiger partial charge in [-0.25, -0.2) is 0 Å². The number of amides is 1. The fourth-order valence-corrected chi connectivity index (χ4v) is 3.86. The zero-order chi connectivity index (χ0) is 23.0. The van der Waals surface area contributed by atoms with Gasteiger partial charge >= 0.3 is 0 Å². The second-order valence-corrected chi connectivity index (χ2v) is 7.49. The summed E-state index contributed by atoms with van der Waals surface area (Å²) in [4.78, 5) is 32.1. The third kappa shape index (κ3) is 3.58. The van der Waals surface area contributed by atoms with Crippen LogP contribution in [0.5, 0.6) is 5.75 Å². The molecule has 4 aromatic rings. The van der Waals surface area contributed by atoms with Crippen molar-refractivity contribution >= 4 is 22.5 Å². The number of aromatic nitrogens is 3. The molecule has 1 amide bonds. The number of aryl methyl sites for hydroxylation is 2. The van der Waals surface area contributed by atoms with Crippen molar-refractivity contribution in [3.8, 4) is 16.9 Å². The van der Waals surface area contributed by atoms with Crippen LogP contribution in [0.2, 0.25) is 0 Å². The number of aromatic amines is 1. The molecule has 0 radical (unpaired) electrons. The van der Waals surface area contributed by atoms with Gasteiger partial charge in [-0.15, -0.1) is 0 Å². The number of fused-ring (bicyclic) bond motifs is 1. The minimum atomic E-state index is -0.836. The van der Waals surface area contributed by atoms with Gasteiger partial charge in [-0.2, -0.15) is 0 Å². The smallest absolute Gasteiger partial charge is 0.263 e. The van der Waals surface area contributed by atoms with Crippen molar-refractivity contribution in [1.29, 1.82) is 0 Å². The van der Waals surface area contributed by atoms with Crippen molar-refractivity contribution in [3.05, 3.63) is 69.6 Å². The number of H-pyrrole nitrogens is 1. The molecular weight excluding hydrogens is 410 g/mol. The standard InChI is InChI=1S/C23H23N5O4/c1-11(16-7-5-6-8-25-16)26-21-14-10-18(31-4)15(19-12(2)28-32-13(19)3)9-17(14)27-23(30)20(21)22(24)29/h5-11H,1-4H3,(H2,24,29)(H2,26,27,30). The van der Waals surface area contributed by atoms with E-state index in [-0.39, 0.29) is 11.6 Å². The summed E-state index contributed by atoms with van der Waals surface area (Å²) in [5, 5.41) is 7.84. The summed E-state index contributed by atoms with van der Waals surface area (Å²) in [5.74, 6) is 0.318. The fourth-order valence-electron chi connectivity index (χ4n) is 3.86. The lowest BCUT2D eigenvalue weighted by molar-refractivity contribution is 0.0999. The number of carbonyl (C=O) groups is 1. The molecule has 164 valence electrons. The number of nitrogens with zero attached hydrogens (tertiary/aromatic N) is 2. The number of carbonyl (C=O) groups excluding carboxylic acids is 1. The summed E-state index contributed by atoms with van der Waals surface area (Å²) in [7, 11) is 1.55. The summed E-state index contributed by atoms with van der Waals surface area (Å²) in [5.41, 5.74) is 8.58. The second kappa shape index (κ2) is 8.18. The Bertz CT molecular complexity index is 1360. The quantitative estimate of drug-likeness (QED) is 0.423. The average molecular weight is 433 g/mol. The highest BCUT2D eigenvalue weighted by molar-refractivity contribution is 6.07. The number of pyridine rings is 2. The molecule has 0 fully saturated rings. The Morgan fingerprint density at radius 2 is 2.06 bits per heavy atom. The van der Waals surface area contributed by atoms with E-state index in [2.05, 4.69) is 20.4 Å². The number of nitrogens with one attached hydrogen (secondary N) is 2. The maximum absolute atomic E-state index is 12.8. The van der Waals surface area contributed by atoms with Crippen LogP contribution in [0.3, 0.4) is 0 Å². The van der Waals surface area contributed by atoms with E-state index in [0.717, 1.165) is 11.3 Å². The minimum absolute atomic E-state index is 0.160. The highest BCUT2D eigenvalue weighted by Crippen LogP contribution is 2.39. The number of rotatable bonds is 6. The van der Waals surface area contributed by atoms with Crippen LogP contribution >= 0.6 is 0 Å². The zero-order valence-corrected chi connectivity index (χ0v) is 18.1. The first-order valence-electron chi connectivity index (χ1n) is 10.00. The SMILES string of the molecule is COc1cc2c(NC(C)c3ccccn3)c(C(N)=O)c(=O)[nH]c2cc1-c1c(C)noc1C. The molecule has 3 aromatic heterocycles. The van der Waals surface area contributed by atoms with Gasteiger partial charge in [-0.3, -0.25) is 14.6 Å². The molecule has 0 aliphatic rings. The average Bonchev–Trinajstić information content (AvgIpc) is 3.10. The lowest BCUT2D eigenvalue weighted by Crippen LogP contribution is -2.26. The molecule has 9 nitrogen and oxygen atoms in total. The zero-order valence-electron chi connectivity index (χ0n) is 18.1. The first-order chi connectivity index (χ1) is 15.3. The Hall–Kier alpha value is -4.14. The number of hydrogen-bond acceptors (Lipinski definition) is 7. The molecule has 0 spiro atoms. The van der Waals surface area contributed by atoms with E-state index in [1.54, 1.807) is 32.4 Å². The highest BCUT2D eigenvalue weighted by atomic mass is 16.5. The lowest BCUT2D eigenvalue weighted by Gasteiger charge is -2.19. The Morgan fingerprint density at radius 3 is 2.66 bits per heavy atom. The van der Waals surface area contributed by atoms with Crippen LogP contribution in [0, 0.1) is 13.8 Å². The van der Waals surface area contributed by atoms with E-state index in [4.69, 9.17) is 15.0 Å². The molecule has 1 aromatic carbocycles. The molecule has 1 unspecified atom stereocenters. The van der Waals surface area contributed by atoms with Crippen LogP contribution in [0.25, 0.3) is 22.0 Å². The van der Waals surface area contributed by atoms with E-state index >= 15 is 0 Å². The number of ether oxygens (including phenoxy) is 1. The summed E-state index contributed by atoms with van der Waals surface area (Å²) in [6, 6.07) is 8.77. The molecule has 0 bridgehead atoms. The van der Waals surface area contributed by atoms with Crippen molar-refractivity contribution in [2.45, 2.75) is 26.8 Å². The van der Waals surface area contributed by atoms with Gasteiger partial charge in [0, 0.05) is 17.1 Å². The lowest BCUT2D eigenvalue weighted by atomic mass is 9.98. The Morgan fingerprint density at radius 1 is 1.28 bits per heavy atom. The van der Waals surface area contributed by atoms with Crippen LogP contribution < -0.4 is 21.3 Å². The normalized spacial score (nSPS) is 12.0. The number of primary amides is 1. The summed E-state index contributed by atoms with van der Waals surface area (Å²) >= 11 is 0. The maximum Gasteiger partial charge on any atom is 0.263 e. The van der Waals surface area contributed by atoms with Gasteiger partial charge < -0.3 is 25.3 Å². The summed E-state index contributed by atoms with van der Waals surface area (Å²) in [6.45, 7) is 5.52. The topological polar surface area (TPSA) is 136 Å². The molecule has 4 N–H and O–H groups in total. The van der Waals surface area contributed by atoms with E-state index in [9.17, 15) is 9.59 Å². The third-order valence-electron chi connectivity index (χ3n) is 5.38. The molecule has 0 saturated heterocycles. The number of methoxy groups -OCH3 is 1. The van der Waals surface area contributed by atoms with Crippen LogP contribution in [-0.2, 0) is 0 Å². The third-order valence-corrected chi connectivity index (χ3v) is 5.38. The molecule has 9 heteroatoms. The molecule has 0 aliphatic carbocycles. The van der Waals surface area contributed by atoms with Gasteiger partial charge in [0.15, 0.2) is 0 Å². The van der Waals surface area contributed by atoms with Gasteiger partial charge in [0.25, 0.3) is 11.5 Å². The molecule has 0 saturated carbocycles. The van der Waals surface area contributed by atoms with Crippen molar-refractivity contribution in [1.82, 2.24) is 15.1 Å². The Balaban J connectivity index is 1.98. The maximum atomic E-state index is 12.8. The molecule has 0 aliphatic heterocycles.